The van der Waals surface area contributed by atoms with E-state index in [2.05, 4.69) is 36.2 Å². The summed E-state index contributed by atoms with van der Waals surface area (Å²) in [5.41, 5.74) is 4.76. The molecule has 2 aromatic carbocycles. The van der Waals surface area contributed by atoms with E-state index in [4.69, 9.17) is 9.72 Å². The van der Waals surface area contributed by atoms with Crippen molar-refractivity contribution in [2.75, 3.05) is 27.2 Å². The average molecular weight is 376 g/mol. The van der Waals surface area contributed by atoms with Crippen LogP contribution in [0.15, 0.2) is 48.5 Å². The van der Waals surface area contributed by atoms with Crippen LogP contribution in [0.25, 0.3) is 10.9 Å². The Morgan fingerprint density at radius 2 is 2.07 bits per heavy atom. The minimum Gasteiger partial charge on any atom is -0.497 e. The van der Waals surface area contributed by atoms with E-state index in [0.717, 1.165) is 49.0 Å². The molecule has 0 bridgehead atoms. The summed E-state index contributed by atoms with van der Waals surface area (Å²) < 4.78 is 19.2. The van der Waals surface area contributed by atoms with Gasteiger partial charge in [0.2, 0.25) is 0 Å². The lowest BCUT2D eigenvalue weighted by Gasteiger charge is -2.50. The first kappa shape index (κ1) is 17.6. The minimum absolute atomic E-state index is 0.0781. The Morgan fingerprint density at radius 3 is 2.93 bits per heavy atom. The Labute approximate surface area is 165 Å². The van der Waals surface area contributed by atoms with Crippen LogP contribution >= 0.6 is 0 Å². The monoisotopic (exact) mass is 376 g/mol. The van der Waals surface area contributed by atoms with E-state index in [0.29, 0.717) is 5.92 Å². The highest BCUT2D eigenvalue weighted by Crippen LogP contribution is 2.48. The Morgan fingerprint density at radius 1 is 1.18 bits per heavy atom. The molecule has 1 aromatic heterocycles. The first-order chi connectivity index (χ1) is 13.6. The van der Waals surface area contributed by atoms with Gasteiger partial charge in [0.1, 0.15) is 11.6 Å². The lowest BCUT2D eigenvalue weighted by atomic mass is 9.58. The molecule has 0 unspecified atom stereocenters. The Kier molecular flexibility index (Phi) is 4.13. The van der Waals surface area contributed by atoms with E-state index in [1.165, 1.54) is 22.9 Å². The third kappa shape index (κ3) is 2.78. The van der Waals surface area contributed by atoms with Gasteiger partial charge in [-0.1, -0.05) is 12.1 Å². The van der Waals surface area contributed by atoms with Gasteiger partial charge < -0.3 is 9.64 Å². The van der Waals surface area contributed by atoms with Crippen molar-refractivity contribution in [1.29, 1.82) is 0 Å². The van der Waals surface area contributed by atoms with Gasteiger partial charge in [-0.25, -0.2) is 4.39 Å². The van der Waals surface area contributed by atoms with Gasteiger partial charge in [0, 0.05) is 29.5 Å². The molecule has 0 amide bonds. The quantitative estimate of drug-likeness (QED) is 0.664. The lowest BCUT2D eigenvalue weighted by molar-refractivity contribution is 0.0987. The number of benzene rings is 2. The number of ether oxygens (including phenoxy) is 1. The Bertz CT molecular complexity index is 1050. The predicted octanol–water partition coefficient (Wildman–Crippen LogP) is 4.37. The third-order valence-corrected chi connectivity index (χ3v) is 6.79. The molecule has 1 fully saturated rings. The predicted molar refractivity (Wildman–Crippen MR) is 109 cm³/mol. The molecular weight excluding hydrogens is 351 g/mol. The van der Waals surface area contributed by atoms with Crippen LogP contribution in [-0.4, -0.2) is 37.1 Å². The zero-order valence-corrected chi connectivity index (χ0v) is 16.4. The summed E-state index contributed by atoms with van der Waals surface area (Å²) >= 11 is 0. The molecule has 0 saturated carbocycles. The molecule has 2 aliphatic rings. The summed E-state index contributed by atoms with van der Waals surface area (Å²) in [5, 5.41) is 0.900. The van der Waals surface area contributed by atoms with Crippen molar-refractivity contribution in [3.05, 3.63) is 71.2 Å². The number of rotatable bonds is 2. The number of fused-ring (bicyclic) bond motifs is 3. The van der Waals surface area contributed by atoms with E-state index < -0.39 is 0 Å². The van der Waals surface area contributed by atoms with Crippen molar-refractivity contribution in [3.63, 3.8) is 0 Å². The zero-order chi connectivity index (χ0) is 19.3. The molecule has 3 nitrogen and oxygen atoms in total. The highest BCUT2D eigenvalue weighted by Gasteiger charge is 2.47. The highest BCUT2D eigenvalue weighted by molar-refractivity contribution is 5.79. The largest absolute Gasteiger partial charge is 0.497 e. The van der Waals surface area contributed by atoms with Crippen LogP contribution in [0.2, 0.25) is 0 Å². The molecule has 5 rings (SSSR count). The second kappa shape index (κ2) is 6.56. The molecule has 3 aromatic rings. The van der Waals surface area contributed by atoms with Crippen molar-refractivity contribution >= 4 is 10.9 Å². The maximum Gasteiger partial charge on any atom is 0.123 e. The number of methoxy groups -OCH3 is 1. The maximum absolute atomic E-state index is 13.7. The second-order valence-electron chi connectivity index (χ2n) is 8.41. The van der Waals surface area contributed by atoms with Gasteiger partial charge in [0.25, 0.3) is 0 Å². The van der Waals surface area contributed by atoms with Gasteiger partial charge in [-0.05, 0) is 79.9 Å². The summed E-state index contributed by atoms with van der Waals surface area (Å²) in [6, 6.07) is 15.6. The fourth-order valence-corrected chi connectivity index (χ4v) is 5.27. The highest BCUT2D eigenvalue weighted by atomic mass is 19.1. The number of hydrogen-bond acceptors (Lipinski definition) is 3. The number of halogens is 1. The summed E-state index contributed by atoms with van der Waals surface area (Å²) in [5.74, 6) is 1.23. The molecule has 2 heterocycles. The normalized spacial score (nSPS) is 24.6. The van der Waals surface area contributed by atoms with Crippen LogP contribution in [-0.2, 0) is 18.3 Å². The van der Waals surface area contributed by atoms with Crippen molar-refractivity contribution in [2.24, 2.45) is 5.92 Å². The standard InChI is InChI=1S/C24H25FN2O/c1-27-9-8-24(18-4-3-5-21(13-18)28-2)14-23-16(11-19(24)15-27)10-17-12-20(25)6-7-22(17)26-23/h3-7,10,12-13,19H,8-9,11,14-15H2,1-2H3/t19-,24+/m1/s1. The third-order valence-electron chi connectivity index (χ3n) is 6.79. The van der Waals surface area contributed by atoms with E-state index in [1.54, 1.807) is 19.2 Å². The number of likely N-dealkylation sites (tertiary alicyclic amines) is 1. The fourth-order valence-electron chi connectivity index (χ4n) is 5.27. The first-order valence-corrected chi connectivity index (χ1v) is 9.98. The first-order valence-electron chi connectivity index (χ1n) is 9.98. The molecule has 144 valence electrons. The zero-order valence-electron chi connectivity index (χ0n) is 16.4. The molecule has 0 N–H and O–H groups in total. The van der Waals surface area contributed by atoms with Crippen molar-refractivity contribution < 1.29 is 9.13 Å². The van der Waals surface area contributed by atoms with Crippen LogP contribution in [0.5, 0.6) is 5.75 Å². The van der Waals surface area contributed by atoms with E-state index in [1.807, 2.05) is 6.07 Å². The lowest BCUT2D eigenvalue weighted by Crippen LogP contribution is -2.53. The Hall–Kier alpha value is -2.46. The number of hydrogen-bond donors (Lipinski definition) is 0. The molecule has 0 radical (unpaired) electrons. The van der Waals surface area contributed by atoms with Crippen molar-refractivity contribution in [1.82, 2.24) is 9.88 Å². The van der Waals surface area contributed by atoms with E-state index in [-0.39, 0.29) is 11.2 Å². The topological polar surface area (TPSA) is 25.4 Å². The number of nitrogens with zero attached hydrogens (tertiary/aromatic N) is 2. The molecule has 1 aliphatic heterocycles. The summed E-state index contributed by atoms with van der Waals surface area (Å²) in [7, 11) is 3.94. The van der Waals surface area contributed by atoms with Gasteiger partial charge in [0.15, 0.2) is 0 Å². The number of piperidine rings is 1. The summed E-state index contributed by atoms with van der Waals surface area (Å²) in [6.45, 7) is 2.15. The van der Waals surface area contributed by atoms with Gasteiger partial charge >= 0.3 is 0 Å². The maximum atomic E-state index is 13.7. The summed E-state index contributed by atoms with van der Waals surface area (Å²) in [6.07, 6.45) is 3.03. The van der Waals surface area contributed by atoms with Crippen LogP contribution in [0.4, 0.5) is 4.39 Å². The fraction of sp³-hybridized carbons (Fsp3) is 0.375. The number of aromatic nitrogens is 1. The molecular formula is C24H25FN2O. The van der Waals surface area contributed by atoms with Crippen LogP contribution < -0.4 is 4.74 Å². The molecule has 1 saturated heterocycles. The van der Waals surface area contributed by atoms with Crippen molar-refractivity contribution in [3.8, 4) is 5.75 Å². The van der Waals surface area contributed by atoms with Gasteiger partial charge in [-0.2, -0.15) is 0 Å². The van der Waals surface area contributed by atoms with Crippen LogP contribution in [0.3, 0.4) is 0 Å². The molecule has 2 atom stereocenters. The minimum atomic E-state index is -0.201. The molecule has 28 heavy (non-hydrogen) atoms. The summed E-state index contributed by atoms with van der Waals surface area (Å²) in [4.78, 5) is 7.40. The molecule has 4 heteroatoms. The van der Waals surface area contributed by atoms with Crippen LogP contribution in [0.1, 0.15) is 23.2 Å². The number of pyridine rings is 1. The smallest absolute Gasteiger partial charge is 0.123 e. The van der Waals surface area contributed by atoms with Crippen molar-refractivity contribution in [2.45, 2.75) is 24.7 Å². The van der Waals surface area contributed by atoms with Crippen LogP contribution in [0, 0.1) is 11.7 Å². The average Bonchev–Trinajstić information content (AvgIpc) is 2.71. The van der Waals surface area contributed by atoms with E-state index in [9.17, 15) is 4.39 Å². The Balaban J connectivity index is 1.65. The molecule has 1 aliphatic carbocycles. The molecule has 0 spiro atoms. The van der Waals surface area contributed by atoms with E-state index >= 15 is 0 Å². The van der Waals surface area contributed by atoms with Gasteiger partial charge in [0.05, 0.1) is 12.6 Å². The SMILES string of the molecule is COc1cccc([C@@]23CCN(C)C[C@H]2Cc2cc4cc(F)ccc4nc2C3)c1. The second-order valence-corrected chi connectivity index (χ2v) is 8.41. The van der Waals surface area contributed by atoms with Gasteiger partial charge in [-0.15, -0.1) is 0 Å². The van der Waals surface area contributed by atoms with Gasteiger partial charge in [-0.3, -0.25) is 4.98 Å².